The predicted octanol–water partition coefficient (Wildman–Crippen LogP) is 4.42. The second-order valence-corrected chi connectivity index (χ2v) is 5.90. The molecule has 25 heavy (non-hydrogen) atoms. The minimum atomic E-state index is -0.267. The fraction of sp³-hybridized carbons (Fsp3) is 0.100. The second-order valence-electron chi connectivity index (χ2n) is 5.90. The summed E-state index contributed by atoms with van der Waals surface area (Å²) in [6, 6.07) is 26.3. The Hall–Kier alpha value is -3.34. The minimum Gasteiger partial charge on any atom is -0.347 e. The van der Waals surface area contributed by atoms with E-state index < -0.39 is 0 Å². The third-order valence-corrected chi connectivity index (χ3v) is 4.10. The fourth-order valence-corrected chi connectivity index (χ4v) is 2.83. The first-order valence-electron chi connectivity index (χ1n) is 8.25. The van der Waals surface area contributed by atoms with Crippen LogP contribution in [0.1, 0.15) is 11.9 Å². The van der Waals surface area contributed by atoms with Gasteiger partial charge in [-0.15, -0.1) is 5.10 Å². The van der Waals surface area contributed by atoms with Crippen molar-refractivity contribution in [2.45, 2.75) is 13.2 Å². The van der Waals surface area contributed by atoms with E-state index in [1.54, 1.807) is 0 Å². The van der Waals surface area contributed by atoms with E-state index in [4.69, 9.17) is 0 Å². The number of aromatic nitrogens is 3. The maximum Gasteiger partial charge on any atom is 0.198 e. The van der Waals surface area contributed by atoms with Crippen LogP contribution in [0.25, 0.3) is 11.0 Å². The molecule has 5 heteroatoms. The van der Waals surface area contributed by atoms with Crippen LogP contribution < -0.4 is 10.6 Å². The number of hydrogen-bond acceptors (Lipinski definition) is 4. The van der Waals surface area contributed by atoms with E-state index in [0.29, 0.717) is 0 Å². The zero-order valence-electron chi connectivity index (χ0n) is 13.9. The maximum atomic E-state index is 4.39. The van der Waals surface area contributed by atoms with Gasteiger partial charge in [0, 0.05) is 11.4 Å². The van der Waals surface area contributed by atoms with E-state index in [0.717, 1.165) is 28.0 Å². The normalized spacial score (nSPS) is 11.0. The van der Waals surface area contributed by atoms with Crippen molar-refractivity contribution >= 4 is 22.4 Å². The average molecular weight is 329 g/mol. The van der Waals surface area contributed by atoms with Crippen LogP contribution in [0.4, 0.5) is 11.4 Å². The van der Waals surface area contributed by atoms with Crippen LogP contribution in [-0.2, 0) is 0 Å². The third kappa shape index (κ3) is 3.17. The SMILES string of the molecule is Cc1cccc2c1nnn2C(Nc1ccccc1)Nc1ccccc1. The van der Waals surface area contributed by atoms with Crippen LogP contribution in [0.15, 0.2) is 78.9 Å². The zero-order valence-corrected chi connectivity index (χ0v) is 13.9. The van der Waals surface area contributed by atoms with Gasteiger partial charge in [0.15, 0.2) is 6.29 Å². The molecule has 5 nitrogen and oxygen atoms in total. The Kier molecular flexibility index (Phi) is 4.04. The molecule has 2 N–H and O–H groups in total. The van der Waals surface area contributed by atoms with E-state index in [9.17, 15) is 0 Å². The van der Waals surface area contributed by atoms with Gasteiger partial charge >= 0.3 is 0 Å². The molecule has 4 rings (SSSR count). The van der Waals surface area contributed by atoms with Crippen molar-refractivity contribution in [1.29, 1.82) is 0 Å². The first-order chi connectivity index (χ1) is 12.3. The molecule has 0 amide bonds. The lowest BCUT2D eigenvalue weighted by Gasteiger charge is -2.23. The summed E-state index contributed by atoms with van der Waals surface area (Å²) in [6.45, 7) is 2.05. The fourth-order valence-electron chi connectivity index (χ4n) is 2.83. The van der Waals surface area contributed by atoms with Gasteiger partial charge in [0.2, 0.25) is 0 Å². The molecule has 0 spiro atoms. The number of benzene rings is 3. The van der Waals surface area contributed by atoms with Gasteiger partial charge < -0.3 is 10.6 Å². The van der Waals surface area contributed by atoms with E-state index in [-0.39, 0.29) is 6.29 Å². The van der Waals surface area contributed by atoms with Crippen LogP contribution in [0.2, 0.25) is 0 Å². The molecule has 0 saturated carbocycles. The summed E-state index contributed by atoms with van der Waals surface area (Å²) in [6.07, 6.45) is -0.267. The van der Waals surface area contributed by atoms with E-state index >= 15 is 0 Å². The summed E-state index contributed by atoms with van der Waals surface area (Å²) in [5.41, 5.74) is 5.02. The zero-order chi connectivity index (χ0) is 17.1. The minimum absolute atomic E-state index is 0.267. The molecule has 0 bridgehead atoms. The maximum absolute atomic E-state index is 4.39. The number of para-hydroxylation sites is 2. The summed E-state index contributed by atoms with van der Waals surface area (Å²) in [4.78, 5) is 0. The quantitative estimate of drug-likeness (QED) is 0.532. The molecule has 1 aromatic heterocycles. The highest BCUT2D eigenvalue weighted by Crippen LogP contribution is 2.22. The Morgan fingerprint density at radius 1 is 0.760 bits per heavy atom. The predicted molar refractivity (Wildman–Crippen MR) is 101 cm³/mol. The number of rotatable bonds is 5. The summed E-state index contributed by atoms with van der Waals surface area (Å²) < 4.78 is 1.88. The van der Waals surface area contributed by atoms with Crippen LogP contribution >= 0.6 is 0 Å². The van der Waals surface area contributed by atoms with E-state index in [2.05, 4.69) is 20.9 Å². The third-order valence-electron chi connectivity index (χ3n) is 4.10. The molecule has 4 aromatic rings. The molecule has 124 valence electrons. The van der Waals surface area contributed by atoms with Crippen molar-refractivity contribution in [1.82, 2.24) is 15.0 Å². The first-order valence-corrected chi connectivity index (χ1v) is 8.25. The van der Waals surface area contributed by atoms with Crippen LogP contribution in [0.3, 0.4) is 0 Å². The van der Waals surface area contributed by atoms with Crippen molar-refractivity contribution in [3.63, 3.8) is 0 Å². The van der Waals surface area contributed by atoms with Crippen LogP contribution in [-0.4, -0.2) is 15.0 Å². The van der Waals surface area contributed by atoms with Gasteiger partial charge in [0.1, 0.15) is 5.52 Å². The molecule has 0 fully saturated rings. The van der Waals surface area contributed by atoms with Gasteiger partial charge in [-0.05, 0) is 42.8 Å². The Balaban J connectivity index is 1.74. The van der Waals surface area contributed by atoms with Crippen LogP contribution in [0, 0.1) is 6.92 Å². The molecule has 0 aliphatic heterocycles. The van der Waals surface area contributed by atoms with Gasteiger partial charge in [-0.2, -0.15) is 0 Å². The van der Waals surface area contributed by atoms with Crippen molar-refractivity contribution in [3.05, 3.63) is 84.4 Å². The van der Waals surface area contributed by atoms with Gasteiger partial charge in [0.05, 0.1) is 5.52 Å². The molecule has 0 aliphatic carbocycles. The monoisotopic (exact) mass is 329 g/mol. The summed E-state index contributed by atoms with van der Waals surface area (Å²) >= 11 is 0. The topological polar surface area (TPSA) is 54.8 Å². The second kappa shape index (κ2) is 6.65. The summed E-state index contributed by atoms with van der Waals surface area (Å²) in [7, 11) is 0. The average Bonchev–Trinajstić information content (AvgIpc) is 3.08. The lowest BCUT2D eigenvalue weighted by atomic mass is 10.2. The van der Waals surface area contributed by atoms with Crippen molar-refractivity contribution in [2.24, 2.45) is 0 Å². The highest BCUT2D eigenvalue weighted by molar-refractivity contribution is 5.78. The molecule has 0 aliphatic rings. The molecular weight excluding hydrogens is 310 g/mol. The summed E-state index contributed by atoms with van der Waals surface area (Å²) in [5, 5.41) is 15.7. The van der Waals surface area contributed by atoms with E-state index in [1.807, 2.05) is 90.5 Å². The molecule has 1 heterocycles. The highest BCUT2D eigenvalue weighted by Gasteiger charge is 2.16. The van der Waals surface area contributed by atoms with Crippen molar-refractivity contribution < 1.29 is 0 Å². The number of aryl methyl sites for hydroxylation is 1. The lowest BCUT2D eigenvalue weighted by molar-refractivity contribution is 0.554. The molecule has 0 radical (unpaired) electrons. The molecule has 3 aromatic carbocycles. The number of hydrogen-bond donors (Lipinski definition) is 2. The van der Waals surface area contributed by atoms with Gasteiger partial charge in [-0.1, -0.05) is 53.7 Å². The Morgan fingerprint density at radius 2 is 1.36 bits per heavy atom. The smallest absolute Gasteiger partial charge is 0.198 e. The number of nitrogens with one attached hydrogen (secondary N) is 2. The van der Waals surface area contributed by atoms with Gasteiger partial charge in [0.25, 0.3) is 0 Å². The lowest BCUT2D eigenvalue weighted by Crippen LogP contribution is -2.27. The number of nitrogens with zero attached hydrogens (tertiary/aromatic N) is 3. The largest absolute Gasteiger partial charge is 0.347 e. The molecule has 0 atom stereocenters. The van der Waals surface area contributed by atoms with Crippen molar-refractivity contribution in [3.8, 4) is 0 Å². The Bertz CT molecular complexity index is 922. The number of fused-ring (bicyclic) bond motifs is 1. The standard InChI is InChI=1S/C20H19N5/c1-15-9-8-14-18-19(15)23-24-25(18)20(21-16-10-4-2-5-11-16)22-17-12-6-3-7-13-17/h2-14,20-22H,1H3. The Morgan fingerprint density at radius 3 is 1.96 bits per heavy atom. The Labute approximate surface area is 146 Å². The number of anilines is 2. The van der Waals surface area contributed by atoms with Gasteiger partial charge in [-0.3, -0.25) is 0 Å². The van der Waals surface area contributed by atoms with Gasteiger partial charge in [-0.25, -0.2) is 4.68 Å². The van der Waals surface area contributed by atoms with Crippen LogP contribution in [0.5, 0.6) is 0 Å². The first kappa shape index (κ1) is 15.2. The highest BCUT2D eigenvalue weighted by atomic mass is 15.5. The molecule has 0 unspecified atom stereocenters. The summed E-state index contributed by atoms with van der Waals surface area (Å²) in [5.74, 6) is 0. The molecular formula is C20H19N5. The van der Waals surface area contributed by atoms with E-state index in [1.165, 1.54) is 0 Å². The van der Waals surface area contributed by atoms with Crippen molar-refractivity contribution in [2.75, 3.05) is 10.6 Å². The molecule has 0 saturated heterocycles.